The molecule has 0 saturated carbocycles. The van der Waals surface area contributed by atoms with Gasteiger partial charge in [0.1, 0.15) is 12.3 Å². The molecule has 0 N–H and O–H groups in total. The minimum Gasteiger partial charge on any atom is -0.311 e. The lowest BCUT2D eigenvalue weighted by molar-refractivity contribution is -0.193. The molecule has 8 rings (SSSR count). The number of alkyl halides is 12. The molecule has 0 fully saturated rings. The number of benzene rings is 6. The molecule has 22 heteroatoms. The second-order valence-corrected chi connectivity index (χ2v) is 16.8. The van der Waals surface area contributed by atoms with Crippen molar-refractivity contribution in [1.82, 2.24) is 19.6 Å². The van der Waals surface area contributed by atoms with E-state index in [1.54, 1.807) is 82.6 Å². The van der Waals surface area contributed by atoms with Crippen LogP contribution in [0.15, 0.2) is 170 Å². The quantitative estimate of drug-likeness (QED) is 0.134. The maximum absolute atomic E-state index is 13.6. The highest BCUT2D eigenvalue weighted by atomic mass is 19.4. The van der Waals surface area contributed by atoms with Crippen molar-refractivity contribution in [3.8, 4) is 11.1 Å². The van der Waals surface area contributed by atoms with E-state index in [-0.39, 0.29) is 30.7 Å². The van der Waals surface area contributed by atoms with Crippen LogP contribution in [0.4, 0.5) is 86.8 Å². The number of hydrogen-bond donors (Lipinski definition) is 0. The first-order valence-corrected chi connectivity index (χ1v) is 21.8. The molecule has 382 valence electrons. The Balaban J connectivity index is 1.09. The summed E-state index contributed by atoms with van der Waals surface area (Å²) in [6.07, 6.45) is -24.3. The van der Waals surface area contributed by atoms with Gasteiger partial charge in [-0.05, 0) is 109 Å². The molecule has 0 aromatic heterocycles. The van der Waals surface area contributed by atoms with Gasteiger partial charge in [0.2, 0.25) is 0 Å². The Kier molecular flexibility index (Phi) is 13.6. The molecule has 0 atom stereocenters. The van der Waals surface area contributed by atoms with Crippen LogP contribution in [-0.2, 0) is 19.2 Å². The summed E-state index contributed by atoms with van der Waals surface area (Å²) in [4.78, 5) is 52.9. The van der Waals surface area contributed by atoms with Crippen LogP contribution in [0.5, 0.6) is 0 Å². The smallest absolute Gasteiger partial charge is 0.311 e. The van der Waals surface area contributed by atoms with Crippen molar-refractivity contribution in [1.29, 1.82) is 0 Å². The fourth-order valence-corrected chi connectivity index (χ4v) is 8.30. The first kappa shape index (κ1) is 51.8. The summed E-state index contributed by atoms with van der Waals surface area (Å²) < 4.78 is 163. The van der Waals surface area contributed by atoms with Crippen LogP contribution in [0.2, 0.25) is 0 Å². The minimum atomic E-state index is -5.48. The minimum absolute atomic E-state index is 0.00402. The highest BCUT2D eigenvalue weighted by Gasteiger charge is 2.54. The summed E-state index contributed by atoms with van der Waals surface area (Å²) >= 11 is 0. The fourth-order valence-electron chi connectivity index (χ4n) is 8.30. The van der Waals surface area contributed by atoms with Gasteiger partial charge >= 0.3 is 48.3 Å². The van der Waals surface area contributed by atoms with Gasteiger partial charge in [-0.1, -0.05) is 83.9 Å². The Morgan fingerprint density at radius 3 is 0.716 bits per heavy atom. The Morgan fingerprint density at radius 2 is 0.514 bits per heavy atom. The van der Waals surface area contributed by atoms with E-state index in [9.17, 15) is 71.9 Å². The lowest BCUT2D eigenvalue weighted by Crippen LogP contribution is -2.46. The van der Waals surface area contributed by atoms with Crippen molar-refractivity contribution >= 4 is 57.8 Å². The zero-order chi connectivity index (χ0) is 53.7. The van der Waals surface area contributed by atoms with Gasteiger partial charge < -0.3 is 9.80 Å². The molecule has 2 aliphatic rings. The number of amides is 4. The van der Waals surface area contributed by atoms with Crippen molar-refractivity contribution in [2.75, 3.05) is 9.80 Å². The van der Waals surface area contributed by atoms with Gasteiger partial charge in [-0.15, -0.1) is 0 Å². The maximum Gasteiger partial charge on any atom is 0.471 e. The van der Waals surface area contributed by atoms with E-state index in [2.05, 4.69) is 0 Å². The van der Waals surface area contributed by atoms with E-state index in [1.165, 1.54) is 48.5 Å². The number of halogens is 12. The van der Waals surface area contributed by atoms with Gasteiger partial charge in [0.15, 0.2) is 0 Å². The molecule has 6 aromatic carbocycles. The third-order valence-corrected chi connectivity index (χ3v) is 11.8. The Morgan fingerprint density at radius 1 is 0.324 bits per heavy atom. The van der Waals surface area contributed by atoms with Crippen molar-refractivity contribution in [3.05, 3.63) is 193 Å². The molecule has 74 heavy (non-hydrogen) atoms. The molecular weight excluding hydrogens is 1000 g/mol. The largest absolute Gasteiger partial charge is 0.471 e. The normalized spacial score (nSPS) is 14.5. The summed E-state index contributed by atoms with van der Waals surface area (Å²) in [6.45, 7) is 3.71. The van der Waals surface area contributed by atoms with Crippen LogP contribution < -0.4 is 9.80 Å². The van der Waals surface area contributed by atoms with Gasteiger partial charge in [0.05, 0.1) is 0 Å². The Labute approximate surface area is 412 Å². The average Bonchev–Trinajstić information content (AvgIpc) is 4.00. The van der Waals surface area contributed by atoms with E-state index in [4.69, 9.17) is 0 Å². The third kappa shape index (κ3) is 10.5. The van der Waals surface area contributed by atoms with Crippen LogP contribution >= 0.6 is 0 Å². The lowest BCUT2D eigenvalue weighted by atomic mass is 10.0. The van der Waals surface area contributed by atoms with Gasteiger partial charge in [0, 0.05) is 58.9 Å². The van der Waals surface area contributed by atoms with Crippen LogP contribution in [-0.4, -0.2) is 67.9 Å². The molecule has 10 nitrogen and oxygen atoms in total. The Bertz CT molecular complexity index is 2840. The van der Waals surface area contributed by atoms with E-state index < -0.39 is 60.7 Å². The molecule has 0 radical (unpaired) electrons. The van der Waals surface area contributed by atoms with Gasteiger partial charge in [-0.25, -0.2) is 0 Å². The second-order valence-electron chi connectivity index (χ2n) is 16.8. The zero-order valence-electron chi connectivity index (χ0n) is 38.2. The van der Waals surface area contributed by atoms with Crippen molar-refractivity contribution in [3.63, 3.8) is 0 Å². The number of hydrogen-bond acceptors (Lipinski definition) is 6. The van der Waals surface area contributed by atoms with Gasteiger partial charge in [0.25, 0.3) is 0 Å². The van der Waals surface area contributed by atoms with Gasteiger partial charge in [-0.2, -0.15) is 52.7 Å². The van der Waals surface area contributed by atoms with Crippen molar-refractivity contribution in [2.45, 2.75) is 50.9 Å². The highest BCUT2D eigenvalue weighted by Crippen LogP contribution is 2.43. The molecular formula is C52H36F12N6O4. The Hall–Kier alpha value is -8.56. The number of carbonyl (C=O) groups excluding carboxylic acids is 4. The average molecular weight is 1040 g/mol. The number of nitrogens with zero attached hydrogens (tertiary/aromatic N) is 6. The molecule has 0 aliphatic carbocycles. The van der Waals surface area contributed by atoms with E-state index >= 15 is 0 Å². The first-order chi connectivity index (χ1) is 34.7. The number of carbonyl (C=O) groups is 4. The number of aryl methyl sites for hydroxylation is 2. The molecule has 2 heterocycles. The predicted molar refractivity (Wildman–Crippen MR) is 246 cm³/mol. The van der Waals surface area contributed by atoms with Crippen LogP contribution in [0, 0.1) is 13.8 Å². The number of rotatable bonds is 9. The van der Waals surface area contributed by atoms with E-state index in [0.717, 1.165) is 11.1 Å². The van der Waals surface area contributed by atoms with Crippen LogP contribution in [0.3, 0.4) is 0 Å². The third-order valence-electron chi connectivity index (χ3n) is 11.8. The predicted octanol–water partition coefficient (Wildman–Crippen LogP) is 13.4. The first-order valence-electron chi connectivity index (χ1n) is 21.8. The molecule has 0 bridgehead atoms. The summed E-state index contributed by atoms with van der Waals surface area (Å²) in [6, 6.07) is 39.2. The maximum atomic E-state index is 13.6. The summed E-state index contributed by atoms with van der Waals surface area (Å²) in [5, 5.41) is 0. The summed E-state index contributed by atoms with van der Waals surface area (Å²) in [5.41, 5.74) is 5.89. The van der Waals surface area contributed by atoms with Crippen molar-refractivity contribution in [2.24, 2.45) is 0 Å². The topological polar surface area (TPSA) is 87.7 Å². The van der Waals surface area contributed by atoms with Crippen LogP contribution in [0.1, 0.15) is 34.6 Å². The molecule has 4 amide bonds. The van der Waals surface area contributed by atoms with Crippen LogP contribution in [0.25, 0.3) is 11.1 Å². The zero-order valence-corrected chi connectivity index (χ0v) is 38.2. The molecule has 0 spiro atoms. The fraction of sp³-hybridized carbons (Fsp3) is 0.154. The highest BCUT2D eigenvalue weighted by molar-refractivity contribution is 5.89. The standard InChI is InChI=1S/C52H36F12N6O4/c1-31-3-15-37(16-4-31)69(41-23-11-35(12-24-41)43-65(45(71)49(53,54)55)27-28-66(43)46(72)50(56,57)58)39-19-7-33(8-20-39)34-9-21-40(22-10-34)70(38-17-5-32(2)6-18-38)42-25-13-36(14-26-42)44-67(47(73)51(59,60)61)29-30-68(44)48(74)52(62,63)64/h3-30,43-44H,1-2H3. The second kappa shape index (κ2) is 19.5. The molecule has 0 saturated heterocycles. The monoisotopic (exact) mass is 1040 g/mol. The number of anilines is 6. The van der Waals surface area contributed by atoms with E-state index in [0.29, 0.717) is 70.1 Å². The van der Waals surface area contributed by atoms with Gasteiger partial charge in [-0.3, -0.25) is 38.8 Å². The summed E-state index contributed by atoms with van der Waals surface area (Å²) in [5.74, 6) is -9.95. The molecule has 6 aromatic rings. The molecule has 2 aliphatic heterocycles. The lowest BCUT2D eigenvalue weighted by Gasteiger charge is -2.32. The SMILES string of the molecule is Cc1ccc(N(c2ccc(-c3ccc(N(c4ccc(C)cc4)c4ccc(C5N(C(=O)C(F)(F)F)C=CN5C(=O)C(F)(F)F)cc4)cc3)cc2)c2ccc(C3N(C(=O)C(F)(F)F)C=CN3C(=O)C(F)(F)F)cc2)cc1. The summed E-state index contributed by atoms with van der Waals surface area (Å²) in [7, 11) is 0. The molecule has 0 unspecified atom stereocenters. The van der Waals surface area contributed by atoms with E-state index in [1.807, 2.05) is 38.1 Å². The van der Waals surface area contributed by atoms with Crippen molar-refractivity contribution < 1.29 is 71.9 Å².